The molecule has 2 nitrogen and oxygen atoms in total. The summed E-state index contributed by atoms with van der Waals surface area (Å²) in [6, 6.07) is 16.5. The maximum Gasteiger partial charge on any atom is 0.161 e. The lowest BCUT2D eigenvalue weighted by atomic mass is 10.1. The zero-order chi connectivity index (χ0) is 13.6. The van der Waals surface area contributed by atoms with Crippen molar-refractivity contribution in [1.82, 2.24) is 0 Å². The molecule has 0 saturated carbocycles. The Hall–Kier alpha value is -2.22. The van der Waals surface area contributed by atoms with Crippen LogP contribution in [0.2, 0.25) is 0 Å². The van der Waals surface area contributed by atoms with E-state index < -0.39 is 0 Å². The Morgan fingerprint density at radius 2 is 1.70 bits per heavy atom. The average Bonchev–Trinajstić information content (AvgIpc) is 2.73. The Kier molecular flexibility index (Phi) is 4.02. The van der Waals surface area contributed by atoms with E-state index in [9.17, 15) is 0 Å². The second kappa shape index (κ2) is 6.29. The molecule has 3 rings (SSSR count). The lowest BCUT2D eigenvalue weighted by Crippen LogP contribution is -1.97. The fraction of sp³-hybridized carbons (Fsp3) is 0.222. The first-order valence-corrected chi connectivity index (χ1v) is 7.02. The monoisotopic (exact) mass is 266 g/mol. The van der Waals surface area contributed by atoms with Crippen molar-refractivity contribution in [3.63, 3.8) is 0 Å². The van der Waals surface area contributed by atoms with Gasteiger partial charge in [0.2, 0.25) is 0 Å². The molecule has 0 aliphatic carbocycles. The number of rotatable bonds is 3. The predicted octanol–water partition coefficient (Wildman–Crippen LogP) is 4.10. The number of ether oxygens (including phenoxy) is 2. The molecule has 0 N–H and O–H groups in total. The first-order chi connectivity index (χ1) is 9.92. The molecule has 0 bridgehead atoms. The van der Waals surface area contributed by atoms with Crippen LogP contribution in [0.1, 0.15) is 17.5 Å². The summed E-state index contributed by atoms with van der Waals surface area (Å²) < 4.78 is 11.3. The van der Waals surface area contributed by atoms with E-state index in [1.54, 1.807) is 0 Å². The molecule has 2 heteroatoms. The molecular formula is C18H18O2. The van der Waals surface area contributed by atoms with Crippen molar-refractivity contribution in [3.05, 3.63) is 65.7 Å². The van der Waals surface area contributed by atoms with E-state index in [1.165, 1.54) is 5.56 Å². The molecule has 2 aromatic rings. The molecule has 0 atom stereocenters. The molecule has 1 heterocycles. The number of allylic oxidation sites excluding steroid dienone is 1. The van der Waals surface area contributed by atoms with Crippen molar-refractivity contribution in [1.29, 1.82) is 0 Å². The third kappa shape index (κ3) is 3.21. The maximum atomic E-state index is 5.69. The summed E-state index contributed by atoms with van der Waals surface area (Å²) in [5, 5.41) is 0. The second-order valence-electron chi connectivity index (χ2n) is 4.85. The minimum atomic E-state index is 0.726. The molecule has 0 fully saturated rings. The molecule has 2 aromatic carbocycles. The smallest absolute Gasteiger partial charge is 0.161 e. The van der Waals surface area contributed by atoms with E-state index in [0.717, 1.165) is 43.1 Å². The summed E-state index contributed by atoms with van der Waals surface area (Å²) in [5.41, 5.74) is 2.46. The van der Waals surface area contributed by atoms with Gasteiger partial charge in [-0.05, 0) is 29.7 Å². The molecule has 0 spiro atoms. The van der Waals surface area contributed by atoms with Gasteiger partial charge in [-0.2, -0.15) is 0 Å². The standard InChI is InChI=1S/C18H18O2/c1-2-6-15(7-3-1)8-4-9-16-10-11-17-18(14-16)20-13-5-12-19-17/h1-4,6-7,9-11,14H,5,8,12-13H2/b9-4+. The first kappa shape index (κ1) is 12.8. The van der Waals surface area contributed by atoms with Crippen LogP contribution in [-0.4, -0.2) is 13.2 Å². The van der Waals surface area contributed by atoms with Crippen LogP contribution in [0.4, 0.5) is 0 Å². The second-order valence-corrected chi connectivity index (χ2v) is 4.85. The molecule has 0 saturated heterocycles. The first-order valence-electron chi connectivity index (χ1n) is 7.02. The van der Waals surface area contributed by atoms with Gasteiger partial charge in [-0.3, -0.25) is 0 Å². The molecule has 102 valence electrons. The van der Waals surface area contributed by atoms with Crippen LogP contribution in [0.25, 0.3) is 6.08 Å². The molecule has 20 heavy (non-hydrogen) atoms. The van der Waals surface area contributed by atoms with Crippen molar-refractivity contribution in [2.45, 2.75) is 12.8 Å². The number of hydrogen-bond acceptors (Lipinski definition) is 2. The normalized spacial score (nSPS) is 14.2. The summed E-state index contributed by atoms with van der Waals surface area (Å²) in [7, 11) is 0. The van der Waals surface area contributed by atoms with Crippen LogP contribution in [0.15, 0.2) is 54.6 Å². The third-order valence-corrected chi connectivity index (χ3v) is 3.28. The molecule has 1 aliphatic rings. The minimum Gasteiger partial charge on any atom is -0.490 e. The lowest BCUT2D eigenvalue weighted by molar-refractivity contribution is 0.297. The van der Waals surface area contributed by atoms with Crippen LogP contribution >= 0.6 is 0 Å². The topological polar surface area (TPSA) is 18.5 Å². The molecular weight excluding hydrogens is 248 g/mol. The van der Waals surface area contributed by atoms with Crippen LogP contribution in [-0.2, 0) is 6.42 Å². The van der Waals surface area contributed by atoms with Gasteiger partial charge in [-0.25, -0.2) is 0 Å². The molecule has 0 radical (unpaired) electrons. The molecule has 1 aliphatic heterocycles. The zero-order valence-corrected chi connectivity index (χ0v) is 11.4. The average molecular weight is 266 g/mol. The Labute approximate surface area is 119 Å². The fourth-order valence-electron chi connectivity index (χ4n) is 2.23. The van der Waals surface area contributed by atoms with Gasteiger partial charge in [0, 0.05) is 6.42 Å². The van der Waals surface area contributed by atoms with Gasteiger partial charge in [-0.15, -0.1) is 0 Å². The lowest BCUT2D eigenvalue weighted by Gasteiger charge is -2.07. The van der Waals surface area contributed by atoms with Crippen LogP contribution in [0.3, 0.4) is 0 Å². The zero-order valence-electron chi connectivity index (χ0n) is 11.4. The summed E-state index contributed by atoms with van der Waals surface area (Å²) in [4.78, 5) is 0. The Bertz CT molecular complexity index is 588. The third-order valence-electron chi connectivity index (χ3n) is 3.28. The van der Waals surface area contributed by atoms with E-state index in [1.807, 2.05) is 18.2 Å². The molecule has 0 amide bonds. The fourth-order valence-corrected chi connectivity index (χ4v) is 2.23. The summed E-state index contributed by atoms with van der Waals surface area (Å²) in [6.45, 7) is 1.46. The van der Waals surface area contributed by atoms with Gasteiger partial charge in [0.05, 0.1) is 13.2 Å². The van der Waals surface area contributed by atoms with Crippen LogP contribution < -0.4 is 9.47 Å². The van der Waals surface area contributed by atoms with Gasteiger partial charge in [0.15, 0.2) is 11.5 Å². The number of benzene rings is 2. The highest BCUT2D eigenvalue weighted by Gasteiger charge is 2.09. The summed E-state index contributed by atoms with van der Waals surface area (Å²) in [5.74, 6) is 1.70. The highest BCUT2D eigenvalue weighted by atomic mass is 16.5. The summed E-state index contributed by atoms with van der Waals surface area (Å²) in [6.07, 6.45) is 6.18. The Morgan fingerprint density at radius 3 is 2.55 bits per heavy atom. The van der Waals surface area contributed by atoms with E-state index in [4.69, 9.17) is 9.47 Å². The van der Waals surface area contributed by atoms with E-state index in [2.05, 4.69) is 42.5 Å². The van der Waals surface area contributed by atoms with Crippen molar-refractivity contribution in [2.75, 3.05) is 13.2 Å². The van der Waals surface area contributed by atoms with Crippen molar-refractivity contribution < 1.29 is 9.47 Å². The van der Waals surface area contributed by atoms with Crippen LogP contribution in [0.5, 0.6) is 11.5 Å². The van der Waals surface area contributed by atoms with Crippen molar-refractivity contribution in [3.8, 4) is 11.5 Å². The largest absolute Gasteiger partial charge is 0.490 e. The summed E-state index contributed by atoms with van der Waals surface area (Å²) >= 11 is 0. The molecule has 0 unspecified atom stereocenters. The van der Waals surface area contributed by atoms with Gasteiger partial charge >= 0.3 is 0 Å². The van der Waals surface area contributed by atoms with Gasteiger partial charge in [0.1, 0.15) is 0 Å². The van der Waals surface area contributed by atoms with Crippen LogP contribution in [0, 0.1) is 0 Å². The quantitative estimate of drug-likeness (QED) is 0.832. The maximum absolute atomic E-state index is 5.69. The van der Waals surface area contributed by atoms with Gasteiger partial charge in [-0.1, -0.05) is 48.6 Å². The minimum absolute atomic E-state index is 0.726. The van der Waals surface area contributed by atoms with Gasteiger partial charge in [0.25, 0.3) is 0 Å². The van der Waals surface area contributed by atoms with E-state index in [0.29, 0.717) is 0 Å². The SMILES string of the molecule is C(=C\c1ccc2c(c1)OCCCO2)/Cc1ccccc1. The highest BCUT2D eigenvalue weighted by Crippen LogP contribution is 2.30. The van der Waals surface area contributed by atoms with Gasteiger partial charge < -0.3 is 9.47 Å². The Morgan fingerprint density at radius 1 is 0.900 bits per heavy atom. The van der Waals surface area contributed by atoms with Crippen molar-refractivity contribution >= 4 is 6.08 Å². The Balaban J connectivity index is 1.70. The number of hydrogen-bond donors (Lipinski definition) is 0. The predicted molar refractivity (Wildman–Crippen MR) is 81.2 cm³/mol. The highest BCUT2D eigenvalue weighted by molar-refractivity contribution is 5.56. The molecule has 0 aromatic heterocycles. The van der Waals surface area contributed by atoms with E-state index in [-0.39, 0.29) is 0 Å². The van der Waals surface area contributed by atoms with E-state index >= 15 is 0 Å². The number of fused-ring (bicyclic) bond motifs is 1. The van der Waals surface area contributed by atoms with Crippen molar-refractivity contribution in [2.24, 2.45) is 0 Å².